The van der Waals surface area contributed by atoms with Crippen LogP contribution in [0.2, 0.25) is 0 Å². The molecule has 0 saturated carbocycles. The van der Waals surface area contributed by atoms with Gasteiger partial charge in [-0.25, -0.2) is 0 Å². The first kappa shape index (κ1) is 27.4. The fourth-order valence-electron chi connectivity index (χ4n) is 4.85. The molecule has 0 radical (unpaired) electrons. The molecule has 202 valence electrons. The number of methoxy groups -OCH3 is 2. The van der Waals surface area contributed by atoms with E-state index in [2.05, 4.69) is 0 Å². The van der Waals surface area contributed by atoms with Crippen molar-refractivity contribution in [2.75, 3.05) is 19.1 Å². The monoisotopic (exact) mass is 529 g/mol. The van der Waals surface area contributed by atoms with Crippen LogP contribution in [0.4, 0.5) is 5.69 Å². The van der Waals surface area contributed by atoms with E-state index in [1.165, 1.54) is 24.1 Å². The van der Waals surface area contributed by atoms with Crippen LogP contribution >= 0.6 is 0 Å². The Morgan fingerprint density at radius 2 is 1.72 bits per heavy atom. The molecular formula is C31H31NO7. The van der Waals surface area contributed by atoms with Gasteiger partial charge in [0.2, 0.25) is 0 Å². The van der Waals surface area contributed by atoms with Crippen molar-refractivity contribution in [1.82, 2.24) is 0 Å². The molecule has 1 amide bonds. The SMILES string of the molecule is COC(=O)Cc1ccc(N2C(=O)C(=O)/C(=C(/O)c3cc(C(C)C)c(OC)cc3C)C2c2cccc(O)c2)cc1. The summed E-state index contributed by atoms with van der Waals surface area (Å²) in [5, 5.41) is 21.8. The molecule has 0 bridgehead atoms. The van der Waals surface area contributed by atoms with Gasteiger partial charge in [-0.2, -0.15) is 0 Å². The van der Waals surface area contributed by atoms with Crippen molar-refractivity contribution in [2.24, 2.45) is 0 Å². The minimum Gasteiger partial charge on any atom is -0.508 e. The second-order valence-corrected chi connectivity index (χ2v) is 9.75. The van der Waals surface area contributed by atoms with E-state index in [4.69, 9.17) is 9.47 Å². The molecule has 8 heteroatoms. The molecule has 3 aromatic carbocycles. The smallest absolute Gasteiger partial charge is 0.309 e. The Bertz CT molecular complexity index is 1470. The van der Waals surface area contributed by atoms with Crippen LogP contribution in [0.1, 0.15) is 53.6 Å². The fourth-order valence-corrected chi connectivity index (χ4v) is 4.85. The van der Waals surface area contributed by atoms with Crippen LogP contribution in [0.3, 0.4) is 0 Å². The third-order valence-corrected chi connectivity index (χ3v) is 6.87. The average Bonchev–Trinajstić information content (AvgIpc) is 3.18. The maximum atomic E-state index is 13.5. The summed E-state index contributed by atoms with van der Waals surface area (Å²) in [6.45, 7) is 5.78. The molecule has 4 rings (SSSR count). The molecular weight excluding hydrogens is 498 g/mol. The molecule has 1 fully saturated rings. The summed E-state index contributed by atoms with van der Waals surface area (Å²) in [6, 6.07) is 15.4. The van der Waals surface area contributed by atoms with Crippen LogP contribution in [-0.2, 0) is 25.5 Å². The maximum Gasteiger partial charge on any atom is 0.309 e. The summed E-state index contributed by atoms with van der Waals surface area (Å²) in [5.74, 6) is -1.70. The number of anilines is 1. The molecule has 1 aliphatic rings. The van der Waals surface area contributed by atoms with Gasteiger partial charge in [0.25, 0.3) is 11.7 Å². The van der Waals surface area contributed by atoms with Crippen LogP contribution in [0.5, 0.6) is 11.5 Å². The number of phenolic OH excluding ortho intramolecular Hbond substituents is 1. The van der Waals surface area contributed by atoms with E-state index in [1.54, 1.807) is 62.6 Å². The lowest BCUT2D eigenvalue weighted by atomic mass is 9.91. The number of carbonyl (C=O) groups excluding carboxylic acids is 3. The fraction of sp³-hybridized carbons (Fsp3) is 0.258. The molecule has 0 spiro atoms. The number of hydrogen-bond donors (Lipinski definition) is 2. The number of aliphatic hydroxyl groups is 1. The first-order valence-corrected chi connectivity index (χ1v) is 12.5. The standard InChI is InChI=1S/C31H31NO7/c1-17(2)23-16-24(18(3)13-25(23)38-4)29(35)27-28(20-7-6-8-22(33)15-20)32(31(37)30(27)36)21-11-9-19(10-12-21)14-26(34)39-5/h6-13,15-17,28,33,35H,14H2,1-5H3/b29-27+. The van der Waals surface area contributed by atoms with Gasteiger partial charge in [-0.3, -0.25) is 19.3 Å². The summed E-state index contributed by atoms with van der Waals surface area (Å²) < 4.78 is 10.2. The third-order valence-electron chi connectivity index (χ3n) is 6.87. The maximum absolute atomic E-state index is 13.5. The lowest BCUT2D eigenvalue weighted by Gasteiger charge is -2.26. The molecule has 1 heterocycles. The zero-order valence-corrected chi connectivity index (χ0v) is 22.5. The zero-order chi connectivity index (χ0) is 28.4. The number of aromatic hydroxyl groups is 1. The van der Waals surface area contributed by atoms with E-state index in [9.17, 15) is 24.6 Å². The van der Waals surface area contributed by atoms with Gasteiger partial charge in [0.1, 0.15) is 17.3 Å². The molecule has 0 aliphatic carbocycles. The number of phenols is 1. The third kappa shape index (κ3) is 5.23. The number of rotatable bonds is 7. The second kappa shape index (κ2) is 11.0. The van der Waals surface area contributed by atoms with E-state index < -0.39 is 23.7 Å². The van der Waals surface area contributed by atoms with Gasteiger partial charge in [0.05, 0.1) is 32.3 Å². The molecule has 0 aromatic heterocycles. The van der Waals surface area contributed by atoms with Gasteiger partial charge < -0.3 is 19.7 Å². The Hall–Kier alpha value is -4.59. The summed E-state index contributed by atoms with van der Waals surface area (Å²) in [4.78, 5) is 40.0. The number of esters is 1. The van der Waals surface area contributed by atoms with E-state index in [0.29, 0.717) is 33.7 Å². The molecule has 39 heavy (non-hydrogen) atoms. The van der Waals surface area contributed by atoms with E-state index in [-0.39, 0.29) is 29.4 Å². The van der Waals surface area contributed by atoms with Crippen LogP contribution < -0.4 is 9.64 Å². The van der Waals surface area contributed by atoms with E-state index in [0.717, 1.165) is 5.56 Å². The number of aryl methyl sites for hydroxylation is 1. The highest BCUT2D eigenvalue weighted by atomic mass is 16.5. The Balaban J connectivity index is 1.91. The van der Waals surface area contributed by atoms with Crippen molar-refractivity contribution in [3.05, 3.63) is 94.1 Å². The number of amides is 1. The molecule has 8 nitrogen and oxygen atoms in total. The van der Waals surface area contributed by atoms with Crippen LogP contribution in [-0.4, -0.2) is 42.1 Å². The summed E-state index contributed by atoms with van der Waals surface area (Å²) >= 11 is 0. The molecule has 1 atom stereocenters. The topological polar surface area (TPSA) is 113 Å². The Labute approximate surface area is 227 Å². The van der Waals surface area contributed by atoms with Gasteiger partial charge in [0, 0.05) is 11.3 Å². The first-order chi connectivity index (χ1) is 18.6. The van der Waals surface area contributed by atoms with Crippen molar-refractivity contribution >= 4 is 29.1 Å². The number of nitrogens with zero attached hydrogens (tertiary/aromatic N) is 1. The summed E-state index contributed by atoms with van der Waals surface area (Å²) in [7, 11) is 2.88. The highest BCUT2D eigenvalue weighted by Gasteiger charge is 2.47. The first-order valence-electron chi connectivity index (χ1n) is 12.5. The van der Waals surface area contributed by atoms with Crippen LogP contribution in [0.15, 0.2) is 66.2 Å². The minimum absolute atomic E-state index is 0.0470. The van der Waals surface area contributed by atoms with Gasteiger partial charge in [-0.15, -0.1) is 0 Å². The van der Waals surface area contributed by atoms with Gasteiger partial charge in [-0.05, 0) is 71.5 Å². The predicted octanol–water partition coefficient (Wildman–Crippen LogP) is 5.17. The molecule has 1 unspecified atom stereocenters. The number of aliphatic hydroxyl groups excluding tert-OH is 1. The summed E-state index contributed by atoms with van der Waals surface area (Å²) in [6.07, 6.45) is 0.0561. The Morgan fingerprint density at radius 1 is 1.03 bits per heavy atom. The van der Waals surface area contributed by atoms with E-state index in [1.807, 2.05) is 13.8 Å². The molecule has 1 saturated heterocycles. The number of benzene rings is 3. The molecule has 1 aliphatic heterocycles. The van der Waals surface area contributed by atoms with Gasteiger partial charge in [0.15, 0.2) is 0 Å². The number of carbonyl (C=O) groups is 3. The average molecular weight is 530 g/mol. The Morgan fingerprint density at radius 3 is 2.31 bits per heavy atom. The minimum atomic E-state index is -1.01. The van der Waals surface area contributed by atoms with Crippen molar-refractivity contribution in [3.63, 3.8) is 0 Å². The number of Topliss-reactive ketones (excluding diaryl/α,β-unsaturated/α-hetero) is 1. The highest BCUT2D eigenvalue weighted by Crippen LogP contribution is 2.44. The summed E-state index contributed by atoms with van der Waals surface area (Å²) in [5.41, 5.74) is 3.35. The van der Waals surface area contributed by atoms with Crippen LogP contribution in [0.25, 0.3) is 5.76 Å². The largest absolute Gasteiger partial charge is 0.508 e. The van der Waals surface area contributed by atoms with Crippen molar-refractivity contribution < 1.29 is 34.1 Å². The van der Waals surface area contributed by atoms with Crippen molar-refractivity contribution in [3.8, 4) is 11.5 Å². The zero-order valence-electron chi connectivity index (χ0n) is 22.5. The van der Waals surface area contributed by atoms with E-state index >= 15 is 0 Å². The number of ketones is 1. The normalized spacial score (nSPS) is 16.6. The predicted molar refractivity (Wildman–Crippen MR) is 147 cm³/mol. The second-order valence-electron chi connectivity index (χ2n) is 9.75. The van der Waals surface area contributed by atoms with Crippen molar-refractivity contribution in [1.29, 1.82) is 0 Å². The number of hydrogen-bond acceptors (Lipinski definition) is 7. The van der Waals surface area contributed by atoms with Crippen molar-refractivity contribution in [2.45, 2.75) is 39.2 Å². The quantitative estimate of drug-likeness (QED) is 0.188. The highest BCUT2D eigenvalue weighted by molar-refractivity contribution is 6.51. The molecule has 3 aromatic rings. The molecule has 2 N–H and O–H groups in total. The lowest BCUT2D eigenvalue weighted by molar-refractivity contribution is -0.139. The van der Waals surface area contributed by atoms with Crippen LogP contribution in [0, 0.1) is 6.92 Å². The van der Waals surface area contributed by atoms with Gasteiger partial charge >= 0.3 is 5.97 Å². The Kier molecular flexibility index (Phi) is 7.76. The lowest BCUT2D eigenvalue weighted by Crippen LogP contribution is -2.29. The number of ether oxygens (including phenoxy) is 2. The van der Waals surface area contributed by atoms with Gasteiger partial charge in [-0.1, -0.05) is 38.1 Å².